The SMILES string of the molecule is CCCN(CCO)CC1(CNCC)CCCC1. The molecule has 1 aliphatic carbocycles. The molecule has 3 nitrogen and oxygen atoms in total. The van der Waals surface area contributed by atoms with Gasteiger partial charge in [-0.3, -0.25) is 0 Å². The Kier molecular flexibility index (Phi) is 7.09. The van der Waals surface area contributed by atoms with Crippen LogP contribution in [-0.2, 0) is 0 Å². The lowest BCUT2D eigenvalue weighted by atomic mass is 9.85. The van der Waals surface area contributed by atoms with Gasteiger partial charge in [0.1, 0.15) is 0 Å². The van der Waals surface area contributed by atoms with E-state index in [1.807, 2.05) is 0 Å². The monoisotopic (exact) mass is 242 g/mol. The van der Waals surface area contributed by atoms with Crippen LogP contribution >= 0.6 is 0 Å². The van der Waals surface area contributed by atoms with E-state index in [1.54, 1.807) is 0 Å². The van der Waals surface area contributed by atoms with Gasteiger partial charge in [-0.05, 0) is 37.8 Å². The number of hydrogen-bond donors (Lipinski definition) is 2. The van der Waals surface area contributed by atoms with E-state index >= 15 is 0 Å². The van der Waals surface area contributed by atoms with Gasteiger partial charge in [-0.2, -0.15) is 0 Å². The van der Waals surface area contributed by atoms with Gasteiger partial charge >= 0.3 is 0 Å². The van der Waals surface area contributed by atoms with E-state index in [0.29, 0.717) is 5.41 Å². The zero-order chi connectivity index (χ0) is 12.6. The van der Waals surface area contributed by atoms with E-state index in [0.717, 1.165) is 32.7 Å². The Morgan fingerprint density at radius 3 is 2.41 bits per heavy atom. The summed E-state index contributed by atoms with van der Waals surface area (Å²) in [4.78, 5) is 2.45. The number of aliphatic hydroxyl groups excluding tert-OH is 1. The largest absolute Gasteiger partial charge is 0.395 e. The lowest BCUT2D eigenvalue weighted by molar-refractivity contribution is 0.125. The van der Waals surface area contributed by atoms with Crippen molar-refractivity contribution in [3.8, 4) is 0 Å². The molecule has 102 valence electrons. The topological polar surface area (TPSA) is 35.5 Å². The molecule has 2 N–H and O–H groups in total. The molecule has 0 unspecified atom stereocenters. The van der Waals surface area contributed by atoms with E-state index in [4.69, 9.17) is 5.11 Å². The van der Waals surface area contributed by atoms with Crippen LogP contribution in [0, 0.1) is 5.41 Å². The van der Waals surface area contributed by atoms with Crippen molar-refractivity contribution < 1.29 is 5.11 Å². The van der Waals surface area contributed by atoms with E-state index in [2.05, 4.69) is 24.1 Å². The third-order valence-electron chi connectivity index (χ3n) is 3.93. The fourth-order valence-corrected chi connectivity index (χ4v) is 3.11. The second kappa shape index (κ2) is 8.06. The number of rotatable bonds is 9. The maximum atomic E-state index is 9.14. The van der Waals surface area contributed by atoms with Crippen molar-refractivity contribution in [2.45, 2.75) is 46.0 Å². The highest BCUT2D eigenvalue weighted by Crippen LogP contribution is 2.38. The van der Waals surface area contributed by atoms with Crippen molar-refractivity contribution in [1.82, 2.24) is 10.2 Å². The maximum absolute atomic E-state index is 9.14. The van der Waals surface area contributed by atoms with Gasteiger partial charge in [0.05, 0.1) is 6.61 Å². The molecule has 0 aliphatic heterocycles. The van der Waals surface area contributed by atoms with Crippen LogP contribution in [0.4, 0.5) is 0 Å². The zero-order valence-electron chi connectivity index (χ0n) is 11.7. The van der Waals surface area contributed by atoms with Crippen LogP contribution in [0.25, 0.3) is 0 Å². The van der Waals surface area contributed by atoms with Crippen LogP contribution in [-0.4, -0.2) is 49.3 Å². The van der Waals surface area contributed by atoms with Gasteiger partial charge in [0, 0.05) is 19.6 Å². The molecule has 0 amide bonds. The van der Waals surface area contributed by atoms with Crippen molar-refractivity contribution in [1.29, 1.82) is 0 Å². The lowest BCUT2D eigenvalue weighted by Crippen LogP contribution is -2.43. The first kappa shape index (κ1) is 14.9. The van der Waals surface area contributed by atoms with Crippen molar-refractivity contribution in [3.63, 3.8) is 0 Å². The van der Waals surface area contributed by atoms with Gasteiger partial charge < -0.3 is 15.3 Å². The van der Waals surface area contributed by atoms with Gasteiger partial charge in [-0.25, -0.2) is 0 Å². The molecular formula is C14H30N2O. The summed E-state index contributed by atoms with van der Waals surface area (Å²) in [5, 5.41) is 12.7. The van der Waals surface area contributed by atoms with E-state index in [-0.39, 0.29) is 6.61 Å². The van der Waals surface area contributed by atoms with Crippen LogP contribution in [0.15, 0.2) is 0 Å². The van der Waals surface area contributed by atoms with E-state index < -0.39 is 0 Å². The van der Waals surface area contributed by atoms with Crippen molar-refractivity contribution in [2.75, 3.05) is 39.3 Å². The number of hydrogen-bond acceptors (Lipinski definition) is 3. The second-order valence-corrected chi connectivity index (χ2v) is 5.49. The summed E-state index contributed by atoms with van der Waals surface area (Å²) in [7, 11) is 0. The predicted molar refractivity (Wildman–Crippen MR) is 73.3 cm³/mol. The second-order valence-electron chi connectivity index (χ2n) is 5.49. The molecule has 0 aromatic heterocycles. The first-order chi connectivity index (χ1) is 8.26. The normalized spacial score (nSPS) is 19.1. The number of aliphatic hydroxyl groups is 1. The molecule has 0 aromatic carbocycles. The fraction of sp³-hybridized carbons (Fsp3) is 1.00. The Bertz CT molecular complexity index is 185. The van der Waals surface area contributed by atoms with Crippen LogP contribution < -0.4 is 5.32 Å². The molecule has 1 rings (SSSR count). The molecule has 0 aromatic rings. The fourth-order valence-electron chi connectivity index (χ4n) is 3.11. The van der Waals surface area contributed by atoms with Crippen molar-refractivity contribution in [2.24, 2.45) is 5.41 Å². The number of nitrogens with zero attached hydrogens (tertiary/aromatic N) is 1. The summed E-state index contributed by atoms with van der Waals surface area (Å²) in [5.74, 6) is 0. The Morgan fingerprint density at radius 2 is 1.88 bits per heavy atom. The van der Waals surface area contributed by atoms with Gasteiger partial charge in [0.25, 0.3) is 0 Å². The van der Waals surface area contributed by atoms with Crippen molar-refractivity contribution in [3.05, 3.63) is 0 Å². The molecule has 1 fully saturated rings. The van der Waals surface area contributed by atoms with Crippen LogP contribution in [0.2, 0.25) is 0 Å². The standard InChI is InChI=1S/C14H30N2O/c1-3-9-16(10-11-17)13-14(12-15-4-2)7-5-6-8-14/h15,17H,3-13H2,1-2H3. The highest BCUT2D eigenvalue weighted by Gasteiger charge is 2.34. The van der Waals surface area contributed by atoms with Gasteiger partial charge in [0.15, 0.2) is 0 Å². The molecule has 0 spiro atoms. The van der Waals surface area contributed by atoms with Gasteiger partial charge in [-0.15, -0.1) is 0 Å². The first-order valence-electron chi connectivity index (χ1n) is 7.30. The average molecular weight is 242 g/mol. The van der Waals surface area contributed by atoms with Crippen LogP contribution in [0.5, 0.6) is 0 Å². The number of nitrogens with one attached hydrogen (secondary N) is 1. The summed E-state index contributed by atoms with van der Waals surface area (Å²) >= 11 is 0. The zero-order valence-corrected chi connectivity index (χ0v) is 11.7. The summed E-state index contributed by atoms with van der Waals surface area (Å²) in [5.41, 5.74) is 0.473. The minimum atomic E-state index is 0.289. The van der Waals surface area contributed by atoms with Crippen molar-refractivity contribution >= 4 is 0 Å². The highest BCUT2D eigenvalue weighted by molar-refractivity contribution is 4.89. The van der Waals surface area contributed by atoms with Gasteiger partial charge in [-0.1, -0.05) is 26.7 Å². The summed E-state index contributed by atoms with van der Waals surface area (Å²) in [6.45, 7) is 10.0. The Labute approximate surface area is 107 Å². The summed E-state index contributed by atoms with van der Waals surface area (Å²) in [6, 6.07) is 0. The summed E-state index contributed by atoms with van der Waals surface area (Å²) < 4.78 is 0. The molecule has 3 heteroatoms. The third-order valence-corrected chi connectivity index (χ3v) is 3.93. The van der Waals surface area contributed by atoms with E-state index in [9.17, 15) is 0 Å². The molecule has 0 radical (unpaired) electrons. The smallest absolute Gasteiger partial charge is 0.0558 e. The molecule has 1 aliphatic rings. The van der Waals surface area contributed by atoms with Gasteiger partial charge in [0.2, 0.25) is 0 Å². The van der Waals surface area contributed by atoms with Crippen LogP contribution in [0.1, 0.15) is 46.0 Å². The Balaban J connectivity index is 2.50. The van der Waals surface area contributed by atoms with E-state index in [1.165, 1.54) is 32.1 Å². The Morgan fingerprint density at radius 1 is 1.18 bits per heavy atom. The molecule has 1 saturated carbocycles. The molecule has 0 bridgehead atoms. The molecule has 0 heterocycles. The predicted octanol–water partition coefficient (Wildman–Crippen LogP) is 1.86. The first-order valence-corrected chi connectivity index (χ1v) is 7.30. The maximum Gasteiger partial charge on any atom is 0.0558 e. The van der Waals surface area contributed by atoms with Crippen LogP contribution in [0.3, 0.4) is 0 Å². The minimum Gasteiger partial charge on any atom is -0.395 e. The summed E-state index contributed by atoms with van der Waals surface area (Å²) in [6.07, 6.45) is 6.64. The third kappa shape index (κ3) is 4.94. The molecule has 17 heavy (non-hydrogen) atoms. The average Bonchev–Trinajstić information content (AvgIpc) is 2.76. The molecular weight excluding hydrogens is 212 g/mol. The quantitative estimate of drug-likeness (QED) is 0.648. The minimum absolute atomic E-state index is 0.289. The molecule has 0 atom stereocenters. The lowest BCUT2D eigenvalue weighted by Gasteiger charge is -2.35. The Hall–Kier alpha value is -0.120. The molecule has 0 saturated heterocycles. The highest BCUT2D eigenvalue weighted by atomic mass is 16.3.